The van der Waals surface area contributed by atoms with Gasteiger partial charge in [-0.2, -0.15) is 0 Å². The lowest BCUT2D eigenvalue weighted by molar-refractivity contribution is 0.930. The van der Waals surface area contributed by atoms with E-state index in [0.29, 0.717) is 0 Å². The highest BCUT2D eigenvalue weighted by Crippen LogP contribution is 2.07. The number of rotatable bonds is 1. The van der Waals surface area contributed by atoms with Gasteiger partial charge in [-0.3, -0.25) is 4.57 Å². The van der Waals surface area contributed by atoms with Crippen LogP contribution < -0.4 is 0 Å². The van der Waals surface area contributed by atoms with Gasteiger partial charge >= 0.3 is 0 Å². The Morgan fingerprint density at radius 1 is 1.15 bits per heavy atom. The molecule has 3 heteroatoms. The first-order chi connectivity index (χ1) is 6.27. The highest BCUT2D eigenvalue weighted by Gasteiger charge is 1.99. The van der Waals surface area contributed by atoms with Gasteiger partial charge < -0.3 is 0 Å². The summed E-state index contributed by atoms with van der Waals surface area (Å²) < 4.78 is 1.96. The van der Waals surface area contributed by atoms with E-state index in [2.05, 4.69) is 9.97 Å². The minimum atomic E-state index is 0.917. The molecule has 2 aromatic heterocycles. The minimum absolute atomic E-state index is 0.917. The third-order valence-corrected chi connectivity index (χ3v) is 1.97. The molecule has 0 saturated heterocycles. The van der Waals surface area contributed by atoms with E-state index in [4.69, 9.17) is 0 Å². The second kappa shape index (κ2) is 3.01. The molecule has 0 amide bonds. The van der Waals surface area contributed by atoms with Crippen LogP contribution in [0.4, 0.5) is 0 Å². The molecule has 2 aromatic rings. The molecule has 0 atom stereocenters. The van der Waals surface area contributed by atoms with Crippen molar-refractivity contribution in [3.63, 3.8) is 0 Å². The van der Waals surface area contributed by atoms with Gasteiger partial charge in [0.15, 0.2) is 0 Å². The molecule has 3 nitrogen and oxygen atoms in total. The molecule has 0 N–H and O–H groups in total. The fourth-order valence-electron chi connectivity index (χ4n) is 1.22. The molecule has 0 unspecified atom stereocenters. The quantitative estimate of drug-likeness (QED) is 0.659. The number of pyridine rings is 1. The van der Waals surface area contributed by atoms with Crippen LogP contribution in [-0.4, -0.2) is 14.5 Å². The zero-order chi connectivity index (χ0) is 9.26. The van der Waals surface area contributed by atoms with Gasteiger partial charge in [0.2, 0.25) is 0 Å². The van der Waals surface area contributed by atoms with Crippen LogP contribution in [-0.2, 0) is 0 Å². The molecule has 0 aliphatic heterocycles. The fraction of sp³-hybridized carbons (Fsp3) is 0.200. The summed E-state index contributed by atoms with van der Waals surface area (Å²) in [6, 6.07) is 4.03. The Hall–Kier alpha value is -1.64. The number of hydrogen-bond donors (Lipinski definition) is 0. The standard InChI is InChI=1S/C10H11N3/c1-8-3-4-10(12-7-8)13-6-5-11-9(13)2/h3-7H,1-2H3. The van der Waals surface area contributed by atoms with Gasteiger partial charge in [-0.1, -0.05) is 6.07 Å². The lowest BCUT2D eigenvalue weighted by Gasteiger charge is -2.02. The van der Waals surface area contributed by atoms with Crippen molar-refractivity contribution in [2.75, 3.05) is 0 Å². The van der Waals surface area contributed by atoms with E-state index < -0.39 is 0 Å². The van der Waals surface area contributed by atoms with E-state index >= 15 is 0 Å². The second-order valence-corrected chi connectivity index (χ2v) is 3.04. The molecule has 0 fully saturated rings. The summed E-state index contributed by atoms with van der Waals surface area (Å²) in [6.07, 6.45) is 5.54. The predicted octanol–water partition coefficient (Wildman–Crippen LogP) is 1.88. The van der Waals surface area contributed by atoms with Crippen LogP contribution in [0.3, 0.4) is 0 Å². The Morgan fingerprint density at radius 3 is 2.54 bits per heavy atom. The summed E-state index contributed by atoms with van der Waals surface area (Å²) in [7, 11) is 0. The summed E-state index contributed by atoms with van der Waals surface area (Å²) in [4.78, 5) is 8.44. The van der Waals surface area contributed by atoms with Crippen molar-refractivity contribution in [1.82, 2.24) is 14.5 Å². The zero-order valence-corrected chi connectivity index (χ0v) is 7.73. The average molecular weight is 173 g/mol. The molecule has 0 aliphatic rings. The summed E-state index contributed by atoms with van der Waals surface area (Å²) >= 11 is 0. The number of imidazole rings is 1. The molecule has 0 saturated carbocycles. The highest BCUT2D eigenvalue weighted by atomic mass is 15.1. The molecule has 2 heterocycles. The lowest BCUT2D eigenvalue weighted by Crippen LogP contribution is -1.98. The first-order valence-electron chi connectivity index (χ1n) is 4.20. The fourth-order valence-corrected chi connectivity index (χ4v) is 1.22. The van der Waals surface area contributed by atoms with E-state index in [9.17, 15) is 0 Å². The molecular weight excluding hydrogens is 162 g/mol. The van der Waals surface area contributed by atoms with Gasteiger partial charge in [0.25, 0.3) is 0 Å². The van der Waals surface area contributed by atoms with Crippen LogP contribution in [0.15, 0.2) is 30.7 Å². The van der Waals surface area contributed by atoms with Crippen molar-refractivity contribution < 1.29 is 0 Å². The highest BCUT2D eigenvalue weighted by molar-refractivity contribution is 5.26. The molecule has 13 heavy (non-hydrogen) atoms. The van der Waals surface area contributed by atoms with E-state index in [1.807, 2.05) is 42.9 Å². The topological polar surface area (TPSA) is 30.7 Å². The Balaban J connectivity index is 2.47. The van der Waals surface area contributed by atoms with Gasteiger partial charge in [0.1, 0.15) is 11.6 Å². The van der Waals surface area contributed by atoms with E-state index in [0.717, 1.165) is 11.6 Å². The lowest BCUT2D eigenvalue weighted by atomic mass is 10.3. The Labute approximate surface area is 77.1 Å². The monoisotopic (exact) mass is 173 g/mol. The van der Waals surface area contributed by atoms with Crippen molar-refractivity contribution >= 4 is 0 Å². The number of hydrogen-bond acceptors (Lipinski definition) is 2. The third-order valence-electron chi connectivity index (χ3n) is 1.97. The van der Waals surface area contributed by atoms with Crippen LogP contribution in [0.5, 0.6) is 0 Å². The van der Waals surface area contributed by atoms with Gasteiger partial charge in [-0.25, -0.2) is 9.97 Å². The Kier molecular flexibility index (Phi) is 1.85. The zero-order valence-electron chi connectivity index (χ0n) is 7.73. The van der Waals surface area contributed by atoms with Crippen molar-refractivity contribution in [2.45, 2.75) is 13.8 Å². The first-order valence-corrected chi connectivity index (χ1v) is 4.20. The number of aryl methyl sites for hydroxylation is 2. The maximum Gasteiger partial charge on any atom is 0.137 e. The van der Waals surface area contributed by atoms with Gasteiger partial charge in [0, 0.05) is 18.6 Å². The van der Waals surface area contributed by atoms with Crippen LogP contribution in [0, 0.1) is 13.8 Å². The normalized spacial score (nSPS) is 10.3. The molecular formula is C10H11N3. The van der Waals surface area contributed by atoms with E-state index in [1.54, 1.807) is 6.20 Å². The van der Waals surface area contributed by atoms with Crippen LogP contribution in [0.1, 0.15) is 11.4 Å². The van der Waals surface area contributed by atoms with Crippen LogP contribution in [0.2, 0.25) is 0 Å². The SMILES string of the molecule is Cc1ccc(-n2ccnc2C)nc1. The molecule has 0 radical (unpaired) electrons. The minimum Gasteiger partial charge on any atom is -0.288 e. The summed E-state index contributed by atoms with van der Waals surface area (Å²) in [5, 5.41) is 0. The predicted molar refractivity (Wildman–Crippen MR) is 50.8 cm³/mol. The molecule has 0 bridgehead atoms. The molecule has 0 aliphatic carbocycles. The second-order valence-electron chi connectivity index (χ2n) is 3.04. The smallest absolute Gasteiger partial charge is 0.137 e. The summed E-state index contributed by atoms with van der Waals surface area (Å²) in [5.74, 6) is 1.87. The van der Waals surface area contributed by atoms with Crippen molar-refractivity contribution in [1.29, 1.82) is 0 Å². The maximum atomic E-state index is 4.30. The molecule has 0 aromatic carbocycles. The Morgan fingerprint density at radius 2 is 2.00 bits per heavy atom. The largest absolute Gasteiger partial charge is 0.288 e. The molecule has 0 spiro atoms. The first kappa shape index (κ1) is 7.98. The number of nitrogens with zero attached hydrogens (tertiary/aromatic N) is 3. The van der Waals surface area contributed by atoms with Crippen molar-refractivity contribution in [2.24, 2.45) is 0 Å². The van der Waals surface area contributed by atoms with Gasteiger partial charge in [-0.05, 0) is 25.5 Å². The average Bonchev–Trinajstić information content (AvgIpc) is 2.53. The van der Waals surface area contributed by atoms with Crippen molar-refractivity contribution in [3.8, 4) is 5.82 Å². The van der Waals surface area contributed by atoms with E-state index in [1.165, 1.54) is 5.56 Å². The Bertz CT molecular complexity index is 400. The van der Waals surface area contributed by atoms with Crippen LogP contribution in [0.25, 0.3) is 5.82 Å². The number of aromatic nitrogens is 3. The van der Waals surface area contributed by atoms with Gasteiger partial charge in [-0.15, -0.1) is 0 Å². The third kappa shape index (κ3) is 1.45. The summed E-state index contributed by atoms with van der Waals surface area (Å²) in [5.41, 5.74) is 1.17. The van der Waals surface area contributed by atoms with E-state index in [-0.39, 0.29) is 0 Å². The molecule has 2 rings (SSSR count). The van der Waals surface area contributed by atoms with Crippen LogP contribution >= 0.6 is 0 Å². The maximum absolute atomic E-state index is 4.30. The van der Waals surface area contributed by atoms with Crippen molar-refractivity contribution in [3.05, 3.63) is 42.1 Å². The molecule has 66 valence electrons. The van der Waals surface area contributed by atoms with Gasteiger partial charge in [0.05, 0.1) is 0 Å². The summed E-state index contributed by atoms with van der Waals surface area (Å²) in [6.45, 7) is 3.99.